The standard InChI is InChI=1S/C14H20ClNO.C4H4O4/c1-2-4-12-7-8-13(16-12)14(17)10-5-3-6-11(15)9-10;5-3(6)1-2-4(7)8/h3,5-6,9,12-14,16-17H,2,4,7-8H2,1H3;1-2H,(H,5,6)(H,7,8)/b;2-1-/t12-,13+,14+;/m0./s1. The summed E-state index contributed by atoms with van der Waals surface area (Å²) in [5, 5.41) is 30.1. The minimum absolute atomic E-state index is 0.171. The number of carbonyl (C=O) groups is 2. The summed E-state index contributed by atoms with van der Waals surface area (Å²) in [7, 11) is 0. The normalized spacial score (nSPS) is 20.8. The van der Waals surface area contributed by atoms with Gasteiger partial charge in [0.15, 0.2) is 0 Å². The van der Waals surface area contributed by atoms with Crippen LogP contribution in [0.2, 0.25) is 5.02 Å². The van der Waals surface area contributed by atoms with Gasteiger partial charge in [0.1, 0.15) is 0 Å². The average Bonchev–Trinajstić information content (AvgIpc) is 3.02. The van der Waals surface area contributed by atoms with E-state index in [2.05, 4.69) is 12.2 Å². The second-order valence-electron chi connectivity index (χ2n) is 5.85. The average molecular weight is 370 g/mol. The van der Waals surface area contributed by atoms with E-state index in [0.717, 1.165) is 18.4 Å². The van der Waals surface area contributed by atoms with Gasteiger partial charge in [0, 0.05) is 29.3 Å². The second kappa shape index (κ2) is 10.9. The van der Waals surface area contributed by atoms with E-state index in [1.54, 1.807) is 0 Å². The van der Waals surface area contributed by atoms with Gasteiger partial charge in [-0.1, -0.05) is 37.1 Å². The quantitative estimate of drug-likeness (QED) is 0.574. The Bertz CT molecular complexity index is 589. The van der Waals surface area contributed by atoms with E-state index < -0.39 is 18.0 Å². The molecule has 4 N–H and O–H groups in total. The van der Waals surface area contributed by atoms with Gasteiger partial charge >= 0.3 is 11.9 Å². The molecule has 6 nitrogen and oxygen atoms in total. The molecule has 3 atom stereocenters. The van der Waals surface area contributed by atoms with Gasteiger partial charge in [-0.05, 0) is 37.0 Å². The Hall–Kier alpha value is -1.89. The lowest BCUT2D eigenvalue weighted by molar-refractivity contribution is -0.134. The fraction of sp³-hybridized carbons (Fsp3) is 0.444. The number of halogens is 1. The first kappa shape index (κ1) is 21.2. The Labute approximate surface area is 152 Å². The number of carboxylic acid groups (broad SMARTS) is 2. The third-order valence-corrected chi connectivity index (χ3v) is 4.09. The van der Waals surface area contributed by atoms with Gasteiger partial charge in [0.25, 0.3) is 0 Å². The molecule has 0 saturated carbocycles. The predicted octanol–water partition coefficient (Wildman–Crippen LogP) is 3.01. The second-order valence-corrected chi connectivity index (χ2v) is 6.28. The molecule has 0 aliphatic carbocycles. The number of aliphatic hydroxyl groups excluding tert-OH is 1. The summed E-state index contributed by atoms with van der Waals surface area (Å²) in [4.78, 5) is 19.1. The van der Waals surface area contributed by atoms with Gasteiger partial charge in [-0.15, -0.1) is 0 Å². The number of aliphatic hydroxyl groups is 1. The third-order valence-electron chi connectivity index (χ3n) is 3.85. The molecule has 1 heterocycles. The Morgan fingerprint density at radius 1 is 1.28 bits per heavy atom. The number of carboxylic acids is 2. The number of aliphatic carboxylic acids is 2. The van der Waals surface area contributed by atoms with Gasteiger partial charge < -0.3 is 20.6 Å². The molecule has 1 fully saturated rings. The Kier molecular flexibility index (Phi) is 9.20. The molecule has 1 aliphatic heterocycles. The Morgan fingerprint density at radius 3 is 2.44 bits per heavy atom. The van der Waals surface area contributed by atoms with Crippen LogP contribution in [0.4, 0.5) is 0 Å². The fourth-order valence-corrected chi connectivity index (χ4v) is 2.94. The molecule has 1 aromatic rings. The van der Waals surface area contributed by atoms with Crippen LogP contribution < -0.4 is 5.32 Å². The van der Waals surface area contributed by atoms with Gasteiger partial charge in [-0.25, -0.2) is 9.59 Å². The highest BCUT2D eigenvalue weighted by Crippen LogP contribution is 2.28. The van der Waals surface area contributed by atoms with Crippen LogP contribution in [0.3, 0.4) is 0 Å². The maximum Gasteiger partial charge on any atom is 0.328 e. The van der Waals surface area contributed by atoms with Crippen molar-refractivity contribution in [3.8, 4) is 0 Å². The van der Waals surface area contributed by atoms with Crippen molar-refractivity contribution < 1.29 is 24.9 Å². The largest absolute Gasteiger partial charge is 0.478 e. The highest BCUT2D eigenvalue weighted by molar-refractivity contribution is 6.30. The molecule has 0 aromatic heterocycles. The molecule has 1 aliphatic rings. The maximum absolute atomic E-state index is 10.3. The van der Waals surface area contributed by atoms with E-state index in [-0.39, 0.29) is 6.04 Å². The van der Waals surface area contributed by atoms with Crippen molar-refractivity contribution in [2.45, 2.75) is 50.8 Å². The molecule has 1 aromatic carbocycles. The summed E-state index contributed by atoms with van der Waals surface area (Å²) in [6.07, 6.45) is 5.26. The van der Waals surface area contributed by atoms with Crippen LogP contribution in [-0.4, -0.2) is 39.3 Å². The van der Waals surface area contributed by atoms with E-state index >= 15 is 0 Å². The van der Waals surface area contributed by atoms with E-state index in [9.17, 15) is 14.7 Å². The number of benzene rings is 1. The zero-order valence-corrected chi connectivity index (χ0v) is 14.8. The number of hydrogen-bond donors (Lipinski definition) is 4. The SMILES string of the molecule is CCC[C@H]1CC[C@H]([C@H](O)c2cccc(Cl)c2)N1.O=C(O)/C=C\C(=O)O. The minimum atomic E-state index is -1.26. The van der Waals surface area contributed by atoms with E-state index in [1.165, 1.54) is 12.8 Å². The zero-order valence-electron chi connectivity index (χ0n) is 14.1. The van der Waals surface area contributed by atoms with Gasteiger partial charge in [0.05, 0.1) is 6.10 Å². The van der Waals surface area contributed by atoms with Crippen molar-refractivity contribution in [3.63, 3.8) is 0 Å². The molecule has 0 bridgehead atoms. The lowest BCUT2D eigenvalue weighted by Gasteiger charge is -2.20. The van der Waals surface area contributed by atoms with Crippen LogP contribution in [0.15, 0.2) is 36.4 Å². The highest BCUT2D eigenvalue weighted by Gasteiger charge is 2.29. The van der Waals surface area contributed by atoms with Crippen LogP contribution in [0.5, 0.6) is 0 Å². The van der Waals surface area contributed by atoms with Crippen LogP contribution in [0, 0.1) is 0 Å². The molecule has 7 heteroatoms. The molecule has 138 valence electrons. The summed E-state index contributed by atoms with van der Waals surface area (Å²) in [5.41, 5.74) is 0.909. The van der Waals surface area contributed by atoms with Crippen LogP contribution >= 0.6 is 11.6 Å². The van der Waals surface area contributed by atoms with Crippen molar-refractivity contribution >= 4 is 23.5 Å². The van der Waals surface area contributed by atoms with Gasteiger partial charge in [-0.2, -0.15) is 0 Å². The summed E-state index contributed by atoms with van der Waals surface area (Å²) in [6, 6.07) is 8.25. The first-order valence-electron chi connectivity index (χ1n) is 8.17. The summed E-state index contributed by atoms with van der Waals surface area (Å²) >= 11 is 5.94. The molecule has 0 radical (unpaired) electrons. The molecule has 0 spiro atoms. The van der Waals surface area contributed by atoms with Crippen LogP contribution in [0.1, 0.15) is 44.3 Å². The van der Waals surface area contributed by atoms with Crippen molar-refractivity contribution in [1.82, 2.24) is 5.32 Å². The van der Waals surface area contributed by atoms with Crippen molar-refractivity contribution in [2.75, 3.05) is 0 Å². The molecule has 0 amide bonds. The number of hydrogen-bond acceptors (Lipinski definition) is 4. The Morgan fingerprint density at radius 2 is 1.92 bits per heavy atom. The van der Waals surface area contributed by atoms with Gasteiger partial charge in [-0.3, -0.25) is 0 Å². The first-order chi connectivity index (χ1) is 11.8. The number of rotatable bonds is 6. The summed E-state index contributed by atoms with van der Waals surface area (Å²) < 4.78 is 0. The number of nitrogens with one attached hydrogen (secondary N) is 1. The van der Waals surface area contributed by atoms with Crippen molar-refractivity contribution in [1.29, 1.82) is 0 Å². The van der Waals surface area contributed by atoms with E-state index in [1.807, 2.05) is 24.3 Å². The third kappa shape index (κ3) is 8.16. The molecular weight excluding hydrogens is 346 g/mol. The molecule has 2 rings (SSSR count). The molecular formula is C18H24ClNO5. The van der Waals surface area contributed by atoms with Crippen LogP contribution in [-0.2, 0) is 9.59 Å². The Balaban J connectivity index is 0.000000333. The topological polar surface area (TPSA) is 107 Å². The zero-order chi connectivity index (χ0) is 18.8. The van der Waals surface area contributed by atoms with E-state index in [0.29, 0.717) is 23.2 Å². The molecule has 0 unspecified atom stereocenters. The predicted molar refractivity (Wildman–Crippen MR) is 95.7 cm³/mol. The molecule has 1 saturated heterocycles. The van der Waals surface area contributed by atoms with Crippen LogP contribution in [0.25, 0.3) is 0 Å². The summed E-state index contributed by atoms with van der Waals surface area (Å²) in [6.45, 7) is 2.20. The summed E-state index contributed by atoms with van der Waals surface area (Å²) in [5.74, 6) is -2.51. The van der Waals surface area contributed by atoms with E-state index in [4.69, 9.17) is 21.8 Å². The smallest absolute Gasteiger partial charge is 0.328 e. The lowest BCUT2D eigenvalue weighted by Crippen LogP contribution is -2.33. The first-order valence-corrected chi connectivity index (χ1v) is 8.54. The van der Waals surface area contributed by atoms with Crippen molar-refractivity contribution in [2.24, 2.45) is 0 Å². The maximum atomic E-state index is 10.3. The minimum Gasteiger partial charge on any atom is -0.478 e. The fourth-order valence-electron chi connectivity index (χ4n) is 2.74. The van der Waals surface area contributed by atoms with Gasteiger partial charge in [0.2, 0.25) is 0 Å². The lowest BCUT2D eigenvalue weighted by atomic mass is 10.0. The highest BCUT2D eigenvalue weighted by atomic mass is 35.5. The van der Waals surface area contributed by atoms with Crippen molar-refractivity contribution in [3.05, 3.63) is 47.0 Å². The monoisotopic (exact) mass is 369 g/mol. The molecule has 25 heavy (non-hydrogen) atoms.